The zero-order chi connectivity index (χ0) is 13.9. The highest BCUT2D eigenvalue weighted by Gasteiger charge is 2.50. The first-order valence-corrected chi connectivity index (χ1v) is 6.67. The molecule has 4 heteroatoms. The minimum Gasteiger partial charge on any atom is -0.342 e. The van der Waals surface area contributed by atoms with Crippen molar-refractivity contribution in [2.45, 2.75) is 52.1 Å². The Morgan fingerprint density at radius 1 is 1.39 bits per heavy atom. The second kappa shape index (κ2) is 5.55. The van der Waals surface area contributed by atoms with Crippen LogP contribution in [0.5, 0.6) is 0 Å². The number of carbonyl (C=O) groups is 2. The first-order valence-electron chi connectivity index (χ1n) is 6.67. The Bertz CT molecular complexity index is 346. The van der Waals surface area contributed by atoms with Crippen LogP contribution in [-0.2, 0) is 9.59 Å². The lowest BCUT2D eigenvalue weighted by molar-refractivity contribution is -0.158. The van der Waals surface area contributed by atoms with Crippen LogP contribution in [0.25, 0.3) is 0 Å². The highest BCUT2D eigenvalue weighted by molar-refractivity contribution is 6.00. The third-order valence-corrected chi connectivity index (χ3v) is 3.91. The van der Waals surface area contributed by atoms with Crippen molar-refractivity contribution in [2.24, 2.45) is 5.92 Å². The van der Waals surface area contributed by atoms with E-state index in [-0.39, 0.29) is 17.7 Å². The van der Waals surface area contributed by atoms with Gasteiger partial charge in [-0.05, 0) is 18.8 Å². The zero-order valence-corrected chi connectivity index (χ0v) is 11.8. The lowest BCUT2D eigenvalue weighted by Gasteiger charge is -2.48. The summed E-state index contributed by atoms with van der Waals surface area (Å²) >= 11 is 0. The van der Waals surface area contributed by atoms with Crippen molar-refractivity contribution in [3.05, 3.63) is 12.7 Å². The molecular formula is C14H24N2O2. The van der Waals surface area contributed by atoms with Crippen LogP contribution in [0.3, 0.4) is 0 Å². The molecule has 0 aromatic carbocycles. The number of amides is 2. The van der Waals surface area contributed by atoms with Gasteiger partial charge in [0.25, 0.3) is 0 Å². The van der Waals surface area contributed by atoms with Crippen molar-refractivity contribution >= 4 is 11.8 Å². The van der Waals surface area contributed by atoms with E-state index in [9.17, 15) is 9.59 Å². The van der Waals surface area contributed by atoms with Crippen molar-refractivity contribution in [3.63, 3.8) is 0 Å². The molecule has 1 aliphatic heterocycles. The molecule has 0 aromatic heterocycles. The Morgan fingerprint density at radius 3 is 2.33 bits per heavy atom. The molecule has 0 aliphatic carbocycles. The molecular weight excluding hydrogens is 228 g/mol. The molecule has 2 amide bonds. The van der Waals surface area contributed by atoms with Gasteiger partial charge in [-0.2, -0.15) is 0 Å². The summed E-state index contributed by atoms with van der Waals surface area (Å²) in [5, 5.41) is 2.88. The van der Waals surface area contributed by atoms with E-state index in [1.165, 1.54) is 0 Å². The monoisotopic (exact) mass is 252 g/mol. The Labute approximate surface area is 109 Å². The van der Waals surface area contributed by atoms with Gasteiger partial charge >= 0.3 is 0 Å². The number of nitrogens with zero attached hydrogens (tertiary/aromatic N) is 1. The Kier molecular flexibility index (Phi) is 4.54. The molecule has 1 N–H and O–H groups in total. The number of nitrogens with one attached hydrogen (secondary N) is 1. The van der Waals surface area contributed by atoms with Gasteiger partial charge in [0.1, 0.15) is 11.6 Å². The summed E-state index contributed by atoms with van der Waals surface area (Å²) in [4.78, 5) is 26.6. The molecule has 0 aromatic rings. The first-order chi connectivity index (χ1) is 8.44. The van der Waals surface area contributed by atoms with Gasteiger partial charge in [0, 0.05) is 6.54 Å². The minimum atomic E-state index is -0.712. The second-order valence-electron chi connectivity index (χ2n) is 5.17. The number of carbonyl (C=O) groups excluding carboxylic acids is 2. The minimum absolute atomic E-state index is 0.00759. The van der Waals surface area contributed by atoms with Gasteiger partial charge in [-0.1, -0.05) is 33.8 Å². The van der Waals surface area contributed by atoms with Crippen LogP contribution in [0, 0.1) is 5.92 Å². The van der Waals surface area contributed by atoms with Crippen LogP contribution in [-0.4, -0.2) is 34.8 Å². The topological polar surface area (TPSA) is 49.4 Å². The molecule has 0 spiro atoms. The lowest BCUT2D eigenvalue weighted by atomic mass is 9.84. The van der Waals surface area contributed by atoms with Crippen LogP contribution in [0.2, 0.25) is 0 Å². The van der Waals surface area contributed by atoms with Gasteiger partial charge in [-0.3, -0.25) is 9.59 Å². The van der Waals surface area contributed by atoms with Gasteiger partial charge in [0.15, 0.2) is 0 Å². The lowest BCUT2D eigenvalue weighted by Crippen LogP contribution is -2.71. The second-order valence-corrected chi connectivity index (χ2v) is 5.17. The Balaban J connectivity index is 3.18. The fraction of sp³-hybridized carbons (Fsp3) is 0.714. The summed E-state index contributed by atoms with van der Waals surface area (Å²) in [5.41, 5.74) is -0.712. The van der Waals surface area contributed by atoms with E-state index < -0.39 is 11.6 Å². The predicted molar refractivity (Wildman–Crippen MR) is 72.0 cm³/mol. The summed E-state index contributed by atoms with van der Waals surface area (Å²) in [6, 6.07) is -0.413. The smallest absolute Gasteiger partial charge is 0.246 e. The highest BCUT2D eigenvalue weighted by atomic mass is 16.2. The average molecular weight is 252 g/mol. The molecule has 1 fully saturated rings. The quantitative estimate of drug-likeness (QED) is 0.757. The number of hydrogen-bond donors (Lipinski definition) is 1. The molecule has 1 aliphatic rings. The van der Waals surface area contributed by atoms with Gasteiger partial charge < -0.3 is 10.2 Å². The summed E-state index contributed by atoms with van der Waals surface area (Å²) in [7, 11) is 0. The summed E-state index contributed by atoms with van der Waals surface area (Å²) in [6.07, 6.45) is 2.94. The third-order valence-electron chi connectivity index (χ3n) is 3.91. The van der Waals surface area contributed by atoms with E-state index in [1.807, 2.05) is 27.7 Å². The molecule has 1 rings (SSSR count). The van der Waals surface area contributed by atoms with Crippen LogP contribution in [0.1, 0.15) is 40.5 Å². The van der Waals surface area contributed by atoms with E-state index in [1.54, 1.807) is 11.0 Å². The molecule has 4 nitrogen and oxygen atoms in total. The Morgan fingerprint density at radius 2 is 1.94 bits per heavy atom. The van der Waals surface area contributed by atoms with Crippen molar-refractivity contribution in [1.29, 1.82) is 0 Å². The van der Waals surface area contributed by atoms with E-state index >= 15 is 0 Å². The zero-order valence-electron chi connectivity index (χ0n) is 11.8. The van der Waals surface area contributed by atoms with Crippen molar-refractivity contribution in [3.8, 4) is 0 Å². The van der Waals surface area contributed by atoms with Crippen molar-refractivity contribution in [2.75, 3.05) is 6.54 Å². The van der Waals surface area contributed by atoms with E-state index in [0.29, 0.717) is 19.4 Å². The largest absolute Gasteiger partial charge is 0.342 e. The molecule has 1 unspecified atom stereocenters. The van der Waals surface area contributed by atoms with Gasteiger partial charge in [-0.25, -0.2) is 0 Å². The molecule has 1 saturated heterocycles. The van der Waals surface area contributed by atoms with Crippen molar-refractivity contribution in [1.82, 2.24) is 10.2 Å². The molecule has 1 heterocycles. The van der Waals surface area contributed by atoms with Gasteiger partial charge in [-0.15, -0.1) is 6.58 Å². The van der Waals surface area contributed by atoms with Crippen LogP contribution in [0.4, 0.5) is 0 Å². The SMILES string of the molecule is C=CCN1C(=O)C(C(C)C)NC(=O)C1(CC)CC. The summed E-state index contributed by atoms with van der Waals surface area (Å²) in [5.74, 6) is 0.0707. The van der Waals surface area contributed by atoms with E-state index in [0.717, 1.165) is 0 Å². The molecule has 18 heavy (non-hydrogen) atoms. The summed E-state index contributed by atoms with van der Waals surface area (Å²) < 4.78 is 0. The maximum absolute atomic E-state index is 12.5. The number of piperazine rings is 1. The number of hydrogen-bond acceptors (Lipinski definition) is 2. The molecule has 1 atom stereocenters. The molecule has 0 radical (unpaired) electrons. The first kappa shape index (κ1) is 14.7. The molecule has 0 saturated carbocycles. The third kappa shape index (κ3) is 2.16. The highest BCUT2D eigenvalue weighted by Crippen LogP contribution is 2.30. The maximum atomic E-state index is 12.5. The van der Waals surface area contributed by atoms with Gasteiger partial charge in [0.05, 0.1) is 0 Å². The van der Waals surface area contributed by atoms with Gasteiger partial charge in [0.2, 0.25) is 11.8 Å². The number of rotatable bonds is 5. The predicted octanol–water partition coefficient (Wildman–Crippen LogP) is 1.71. The van der Waals surface area contributed by atoms with E-state index in [2.05, 4.69) is 11.9 Å². The van der Waals surface area contributed by atoms with E-state index in [4.69, 9.17) is 0 Å². The van der Waals surface area contributed by atoms with Crippen LogP contribution >= 0.6 is 0 Å². The summed E-state index contributed by atoms with van der Waals surface area (Å²) in [6.45, 7) is 11.9. The maximum Gasteiger partial charge on any atom is 0.246 e. The molecule has 102 valence electrons. The fourth-order valence-electron chi connectivity index (χ4n) is 2.64. The molecule has 0 bridgehead atoms. The van der Waals surface area contributed by atoms with Crippen LogP contribution in [0.15, 0.2) is 12.7 Å². The Hall–Kier alpha value is -1.32. The standard InChI is InChI=1S/C14H24N2O2/c1-6-9-16-12(17)11(10(4)5)15-13(18)14(16,7-2)8-3/h6,10-11H,1,7-9H2,2-5H3,(H,15,18). The normalized spacial score (nSPS) is 23.2. The van der Waals surface area contributed by atoms with Crippen molar-refractivity contribution < 1.29 is 9.59 Å². The van der Waals surface area contributed by atoms with Crippen LogP contribution < -0.4 is 5.32 Å². The average Bonchev–Trinajstić information content (AvgIpc) is 2.34. The fourth-order valence-corrected chi connectivity index (χ4v) is 2.64.